The third kappa shape index (κ3) is 1.42. The van der Waals surface area contributed by atoms with E-state index in [-0.39, 0.29) is 6.61 Å². The lowest BCUT2D eigenvalue weighted by atomic mass is 10.1. The van der Waals surface area contributed by atoms with Crippen LogP contribution in [0.2, 0.25) is 0 Å². The maximum Gasteiger partial charge on any atom is 0.129 e. The molecule has 4 nitrogen and oxygen atoms in total. The van der Waals surface area contributed by atoms with Crippen molar-refractivity contribution in [2.45, 2.75) is 13.0 Å². The van der Waals surface area contributed by atoms with Gasteiger partial charge in [0.25, 0.3) is 0 Å². The smallest absolute Gasteiger partial charge is 0.129 e. The van der Waals surface area contributed by atoms with Crippen molar-refractivity contribution >= 4 is 5.82 Å². The summed E-state index contributed by atoms with van der Waals surface area (Å²) < 4.78 is 0. The first-order valence-corrected chi connectivity index (χ1v) is 4.60. The third-order valence-electron chi connectivity index (χ3n) is 2.44. The Balaban J connectivity index is 2.32. The van der Waals surface area contributed by atoms with E-state index in [9.17, 15) is 0 Å². The summed E-state index contributed by atoms with van der Waals surface area (Å²) in [7, 11) is 0. The van der Waals surface area contributed by atoms with Gasteiger partial charge in [-0.1, -0.05) is 0 Å². The van der Waals surface area contributed by atoms with Gasteiger partial charge in [0, 0.05) is 24.8 Å². The van der Waals surface area contributed by atoms with Crippen molar-refractivity contribution in [2.24, 2.45) is 0 Å². The van der Waals surface area contributed by atoms with Crippen LogP contribution in [0.15, 0.2) is 12.3 Å². The van der Waals surface area contributed by atoms with Crippen molar-refractivity contribution in [1.29, 1.82) is 5.26 Å². The molecule has 2 heterocycles. The van der Waals surface area contributed by atoms with Gasteiger partial charge < -0.3 is 10.0 Å². The lowest BCUT2D eigenvalue weighted by Crippen LogP contribution is -2.37. The number of rotatable bonds is 2. The maximum absolute atomic E-state index is 8.95. The summed E-state index contributed by atoms with van der Waals surface area (Å²) >= 11 is 0. The van der Waals surface area contributed by atoms with E-state index in [1.54, 1.807) is 12.3 Å². The molecule has 4 heteroatoms. The Bertz CT molecular complexity index is 379. The van der Waals surface area contributed by atoms with Crippen molar-refractivity contribution in [3.63, 3.8) is 0 Å². The van der Waals surface area contributed by atoms with Gasteiger partial charge in [-0.3, -0.25) is 0 Å². The molecule has 0 atom stereocenters. The minimum absolute atomic E-state index is 0.129. The van der Waals surface area contributed by atoms with Gasteiger partial charge in [-0.15, -0.1) is 0 Å². The van der Waals surface area contributed by atoms with E-state index in [2.05, 4.69) is 16.0 Å². The predicted octanol–water partition coefficient (Wildman–Crippen LogP) is 0.656. The van der Waals surface area contributed by atoms with Gasteiger partial charge in [0.1, 0.15) is 5.82 Å². The van der Waals surface area contributed by atoms with Crippen molar-refractivity contribution in [3.8, 4) is 6.07 Å². The van der Waals surface area contributed by atoms with Crippen molar-refractivity contribution < 1.29 is 5.11 Å². The molecule has 1 aliphatic rings. The monoisotopic (exact) mass is 189 g/mol. The molecule has 0 aliphatic carbocycles. The summed E-state index contributed by atoms with van der Waals surface area (Å²) in [5, 5.41) is 17.8. The van der Waals surface area contributed by atoms with Crippen LogP contribution in [0.25, 0.3) is 0 Å². The van der Waals surface area contributed by atoms with Crippen LogP contribution in [0, 0.1) is 11.3 Å². The van der Waals surface area contributed by atoms with E-state index in [0.717, 1.165) is 18.9 Å². The summed E-state index contributed by atoms with van der Waals surface area (Å²) in [5.74, 6) is 0.838. The summed E-state index contributed by atoms with van der Waals surface area (Å²) in [6.07, 6.45) is 2.76. The maximum atomic E-state index is 8.95. The minimum atomic E-state index is -0.129. The normalized spacial score (nSPS) is 14.7. The van der Waals surface area contributed by atoms with E-state index < -0.39 is 0 Å². The average Bonchev–Trinajstić information content (AvgIpc) is 2.15. The Labute approximate surface area is 82.4 Å². The molecule has 0 saturated carbocycles. The molecule has 14 heavy (non-hydrogen) atoms. The number of anilines is 1. The first kappa shape index (κ1) is 8.97. The molecule has 0 spiro atoms. The van der Waals surface area contributed by atoms with E-state index in [4.69, 9.17) is 10.4 Å². The highest BCUT2D eigenvalue weighted by Gasteiger charge is 2.16. The summed E-state index contributed by atoms with van der Waals surface area (Å²) in [5.41, 5.74) is 1.11. The Morgan fingerprint density at radius 2 is 2.36 bits per heavy atom. The molecule has 0 unspecified atom stereocenters. The van der Waals surface area contributed by atoms with Gasteiger partial charge >= 0.3 is 0 Å². The Hall–Kier alpha value is -1.60. The largest absolute Gasteiger partial charge is 0.392 e. The molecular formula is C10H11N3O. The van der Waals surface area contributed by atoms with Crippen LogP contribution in [0.4, 0.5) is 5.82 Å². The molecule has 1 N–H and O–H groups in total. The molecular weight excluding hydrogens is 178 g/mol. The minimum Gasteiger partial charge on any atom is -0.392 e. The number of pyridine rings is 1. The third-order valence-corrected chi connectivity index (χ3v) is 2.44. The van der Waals surface area contributed by atoms with Gasteiger partial charge in [0.05, 0.1) is 18.2 Å². The predicted molar refractivity (Wildman–Crippen MR) is 51.7 cm³/mol. The molecule has 1 aromatic heterocycles. The molecule has 0 amide bonds. The zero-order valence-electron chi connectivity index (χ0n) is 7.77. The zero-order chi connectivity index (χ0) is 9.97. The van der Waals surface area contributed by atoms with Crippen LogP contribution in [-0.4, -0.2) is 23.2 Å². The van der Waals surface area contributed by atoms with Gasteiger partial charge in [-0.25, -0.2) is 4.98 Å². The number of nitrogens with zero attached hydrogens (tertiary/aromatic N) is 3. The highest BCUT2D eigenvalue weighted by Crippen LogP contribution is 2.20. The number of aliphatic hydroxyl groups excluding tert-OH is 1. The SMILES string of the molecule is N#Cc1cc(N2CCC2)ncc1CO. The topological polar surface area (TPSA) is 60.2 Å². The molecule has 1 saturated heterocycles. The van der Waals surface area contributed by atoms with Gasteiger partial charge in [0.2, 0.25) is 0 Å². The summed E-state index contributed by atoms with van der Waals surface area (Å²) in [4.78, 5) is 6.31. The highest BCUT2D eigenvalue weighted by atomic mass is 16.3. The molecule has 0 bridgehead atoms. The molecule has 0 aromatic carbocycles. The standard InChI is InChI=1S/C10H11N3O/c11-5-8-4-10(13-2-1-3-13)12-6-9(8)7-14/h4,6,14H,1-3,7H2. The fraction of sp³-hybridized carbons (Fsp3) is 0.400. The molecule has 72 valence electrons. The van der Waals surface area contributed by atoms with Gasteiger partial charge in [0.15, 0.2) is 0 Å². The fourth-order valence-corrected chi connectivity index (χ4v) is 1.42. The molecule has 0 radical (unpaired) electrons. The molecule has 2 rings (SSSR count). The van der Waals surface area contributed by atoms with Crippen LogP contribution in [0.5, 0.6) is 0 Å². The first-order chi connectivity index (χ1) is 6.85. The van der Waals surface area contributed by atoms with Crippen LogP contribution >= 0.6 is 0 Å². The van der Waals surface area contributed by atoms with Crippen LogP contribution in [0.1, 0.15) is 17.5 Å². The lowest BCUT2D eigenvalue weighted by Gasteiger charge is -2.32. The number of hydrogen-bond acceptors (Lipinski definition) is 4. The van der Waals surface area contributed by atoms with E-state index in [0.29, 0.717) is 11.1 Å². The van der Waals surface area contributed by atoms with Gasteiger partial charge in [-0.05, 0) is 12.5 Å². The van der Waals surface area contributed by atoms with Crippen molar-refractivity contribution in [2.75, 3.05) is 18.0 Å². The van der Waals surface area contributed by atoms with Crippen LogP contribution in [0.3, 0.4) is 0 Å². The zero-order valence-corrected chi connectivity index (χ0v) is 7.77. The summed E-state index contributed by atoms with van der Waals surface area (Å²) in [6.45, 7) is 1.89. The van der Waals surface area contributed by atoms with E-state index in [1.165, 1.54) is 6.42 Å². The Morgan fingerprint density at radius 3 is 2.86 bits per heavy atom. The van der Waals surface area contributed by atoms with Crippen LogP contribution in [-0.2, 0) is 6.61 Å². The number of hydrogen-bond donors (Lipinski definition) is 1. The Morgan fingerprint density at radius 1 is 1.57 bits per heavy atom. The lowest BCUT2D eigenvalue weighted by molar-refractivity contribution is 0.281. The Kier molecular flexibility index (Phi) is 2.33. The molecule has 1 aliphatic heterocycles. The number of aromatic nitrogens is 1. The van der Waals surface area contributed by atoms with E-state index >= 15 is 0 Å². The van der Waals surface area contributed by atoms with Crippen molar-refractivity contribution in [1.82, 2.24) is 4.98 Å². The first-order valence-electron chi connectivity index (χ1n) is 4.60. The summed E-state index contributed by atoms with van der Waals surface area (Å²) in [6, 6.07) is 3.80. The fourth-order valence-electron chi connectivity index (χ4n) is 1.42. The van der Waals surface area contributed by atoms with Crippen molar-refractivity contribution in [3.05, 3.63) is 23.4 Å². The van der Waals surface area contributed by atoms with Gasteiger partial charge in [-0.2, -0.15) is 5.26 Å². The quantitative estimate of drug-likeness (QED) is 0.742. The number of aliphatic hydroxyl groups is 1. The second-order valence-corrected chi connectivity index (χ2v) is 3.31. The van der Waals surface area contributed by atoms with E-state index in [1.807, 2.05) is 0 Å². The molecule has 1 aromatic rings. The highest BCUT2D eigenvalue weighted by molar-refractivity contribution is 5.49. The number of nitriles is 1. The average molecular weight is 189 g/mol. The second kappa shape index (κ2) is 3.64. The van der Waals surface area contributed by atoms with Crippen LogP contribution < -0.4 is 4.90 Å². The molecule has 1 fully saturated rings. The second-order valence-electron chi connectivity index (χ2n) is 3.31.